The molecular formula is C15H19ClN4O. The molecule has 0 aliphatic carbocycles. The number of carbonyl (C=O) groups is 1. The summed E-state index contributed by atoms with van der Waals surface area (Å²) in [6.07, 6.45) is 2.34. The van der Waals surface area contributed by atoms with Crippen molar-refractivity contribution in [1.82, 2.24) is 20.0 Å². The minimum absolute atomic E-state index is 0.0659. The number of carbonyl (C=O) groups excluding carboxylic acids is 1. The van der Waals surface area contributed by atoms with Gasteiger partial charge in [0.05, 0.1) is 5.52 Å². The van der Waals surface area contributed by atoms with Gasteiger partial charge >= 0.3 is 0 Å². The molecule has 1 aliphatic heterocycles. The van der Waals surface area contributed by atoms with Crippen molar-refractivity contribution < 1.29 is 4.79 Å². The summed E-state index contributed by atoms with van der Waals surface area (Å²) in [7, 11) is 3.94. The number of hydrogen-bond acceptors (Lipinski definition) is 3. The molecule has 1 atom stereocenters. The number of aromatic nitrogens is 2. The summed E-state index contributed by atoms with van der Waals surface area (Å²) in [5.74, 6) is -0.0659. The highest BCUT2D eigenvalue weighted by atomic mass is 35.5. The van der Waals surface area contributed by atoms with E-state index in [1.807, 2.05) is 13.1 Å². The fourth-order valence-corrected chi connectivity index (χ4v) is 3.11. The fraction of sp³-hybridized carbons (Fsp3) is 0.467. The van der Waals surface area contributed by atoms with Crippen LogP contribution in [0.5, 0.6) is 0 Å². The maximum atomic E-state index is 12.6. The quantitative estimate of drug-likeness (QED) is 0.947. The number of hydrogen-bond donors (Lipinski definition) is 1. The Morgan fingerprint density at radius 3 is 3.10 bits per heavy atom. The van der Waals surface area contributed by atoms with E-state index in [1.54, 1.807) is 17.0 Å². The van der Waals surface area contributed by atoms with E-state index < -0.39 is 0 Å². The SMILES string of the molecule is CN(CC1CCCN1C)C(=O)c1n[nH]c2ccc(Cl)cc12. The van der Waals surface area contributed by atoms with E-state index in [0.717, 1.165) is 30.4 Å². The molecule has 1 fully saturated rings. The van der Waals surface area contributed by atoms with Gasteiger partial charge in [0.1, 0.15) is 0 Å². The van der Waals surface area contributed by atoms with E-state index in [4.69, 9.17) is 11.6 Å². The molecule has 3 rings (SSSR count). The smallest absolute Gasteiger partial charge is 0.274 e. The summed E-state index contributed by atoms with van der Waals surface area (Å²) in [6, 6.07) is 5.84. The van der Waals surface area contributed by atoms with E-state index in [-0.39, 0.29) is 5.91 Å². The lowest BCUT2D eigenvalue weighted by atomic mass is 10.1. The van der Waals surface area contributed by atoms with Crippen LogP contribution in [-0.2, 0) is 0 Å². The van der Waals surface area contributed by atoms with Crippen LogP contribution in [0.4, 0.5) is 0 Å². The Hall–Kier alpha value is -1.59. The van der Waals surface area contributed by atoms with Gasteiger partial charge in [-0.1, -0.05) is 11.6 Å². The third kappa shape index (κ3) is 2.76. The second-order valence-electron chi connectivity index (χ2n) is 5.72. The summed E-state index contributed by atoms with van der Waals surface area (Å²) in [5.41, 5.74) is 1.27. The minimum Gasteiger partial charge on any atom is -0.339 e. The number of halogens is 1. The molecule has 112 valence electrons. The number of H-pyrrole nitrogens is 1. The molecule has 1 amide bonds. The number of nitrogens with zero attached hydrogens (tertiary/aromatic N) is 3. The molecule has 6 heteroatoms. The first kappa shape index (κ1) is 14.4. The Balaban J connectivity index is 1.81. The second kappa shape index (κ2) is 5.66. The van der Waals surface area contributed by atoms with Gasteiger partial charge in [0, 0.05) is 30.0 Å². The van der Waals surface area contributed by atoms with Crippen molar-refractivity contribution >= 4 is 28.4 Å². The number of amides is 1. The van der Waals surface area contributed by atoms with Gasteiger partial charge in [0.15, 0.2) is 5.69 Å². The average Bonchev–Trinajstić information content (AvgIpc) is 3.04. The Kier molecular flexibility index (Phi) is 3.87. The van der Waals surface area contributed by atoms with Crippen LogP contribution in [0.25, 0.3) is 10.9 Å². The Bertz CT molecular complexity index is 669. The zero-order valence-electron chi connectivity index (χ0n) is 12.3. The van der Waals surface area contributed by atoms with Crippen molar-refractivity contribution in [1.29, 1.82) is 0 Å². The van der Waals surface area contributed by atoms with Crippen LogP contribution >= 0.6 is 11.6 Å². The van der Waals surface area contributed by atoms with Gasteiger partial charge in [-0.05, 0) is 44.6 Å². The molecule has 0 radical (unpaired) electrons. The molecule has 1 N–H and O–H groups in total. The van der Waals surface area contributed by atoms with Crippen molar-refractivity contribution in [3.63, 3.8) is 0 Å². The second-order valence-corrected chi connectivity index (χ2v) is 6.16. The van der Waals surface area contributed by atoms with Crippen LogP contribution in [0.1, 0.15) is 23.3 Å². The largest absolute Gasteiger partial charge is 0.339 e. The third-order valence-corrected chi connectivity index (χ3v) is 4.47. The number of nitrogens with one attached hydrogen (secondary N) is 1. The van der Waals surface area contributed by atoms with Crippen molar-refractivity contribution in [3.8, 4) is 0 Å². The Labute approximate surface area is 128 Å². The molecule has 0 bridgehead atoms. The minimum atomic E-state index is -0.0659. The highest BCUT2D eigenvalue weighted by Crippen LogP contribution is 2.22. The van der Waals surface area contributed by atoms with E-state index in [1.165, 1.54) is 6.42 Å². The lowest BCUT2D eigenvalue weighted by Gasteiger charge is -2.25. The van der Waals surface area contributed by atoms with Crippen LogP contribution in [0.15, 0.2) is 18.2 Å². The summed E-state index contributed by atoms with van der Waals surface area (Å²) >= 11 is 6.02. The van der Waals surface area contributed by atoms with E-state index in [0.29, 0.717) is 16.8 Å². The van der Waals surface area contributed by atoms with Gasteiger partial charge in [-0.25, -0.2) is 0 Å². The number of likely N-dealkylation sites (N-methyl/N-ethyl adjacent to an activating group) is 2. The third-order valence-electron chi connectivity index (χ3n) is 4.23. The molecule has 1 aromatic heterocycles. The zero-order chi connectivity index (χ0) is 15.0. The van der Waals surface area contributed by atoms with E-state index in [9.17, 15) is 4.79 Å². The van der Waals surface area contributed by atoms with Crippen LogP contribution < -0.4 is 0 Å². The molecule has 2 heterocycles. The molecule has 1 unspecified atom stereocenters. The standard InChI is InChI=1S/C15H19ClN4O/c1-19-7-3-4-11(19)9-20(2)15(21)14-12-8-10(16)5-6-13(12)17-18-14/h5-6,8,11H,3-4,7,9H2,1-2H3,(H,17,18). The highest BCUT2D eigenvalue weighted by molar-refractivity contribution is 6.31. The van der Waals surface area contributed by atoms with Gasteiger partial charge in [-0.3, -0.25) is 9.89 Å². The predicted octanol–water partition coefficient (Wildman–Crippen LogP) is 2.38. The number of rotatable bonds is 3. The molecule has 21 heavy (non-hydrogen) atoms. The lowest BCUT2D eigenvalue weighted by molar-refractivity contribution is 0.0757. The number of fused-ring (bicyclic) bond motifs is 1. The Morgan fingerprint density at radius 2 is 2.38 bits per heavy atom. The predicted molar refractivity (Wildman–Crippen MR) is 83.7 cm³/mol. The van der Waals surface area contributed by atoms with Crippen LogP contribution in [0, 0.1) is 0 Å². The normalized spacial score (nSPS) is 19.3. The molecule has 1 aromatic carbocycles. The van der Waals surface area contributed by atoms with Crippen LogP contribution in [0.3, 0.4) is 0 Å². The fourth-order valence-electron chi connectivity index (χ4n) is 2.94. The molecule has 1 aliphatic rings. The van der Waals surface area contributed by atoms with Crippen molar-refractivity contribution in [2.45, 2.75) is 18.9 Å². The van der Waals surface area contributed by atoms with Gasteiger partial charge in [-0.2, -0.15) is 5.10 Å². The summed E-state index contributed by atoms with van der Waals surface area (Å²) in [5, 5.41) is 8.43. The maximum Gasteiger partial charge on any atom is 0.274 e. The first-order chi connectivity index (χ1) is 10.1. The first-order valence-electron chi connectivity index (χ1n) is 7.15. The first-order valence-corrected chi connectivity index (χ1v) is 7.53. The van der Waals surface area contributed by atoms with Gasteiger partial charge in [0.2, 0.25) is 0 Å². The lowest BCUT2D eigenvalue weighted by Crippen LogP contribution is -2.39. The average molecular weight is 307 g/mol. The summed E-state index contributed by atoms with van der Waals surface area (Å²) in [4.78, 5) is 16.7. The number of benzene rings is 1. The zero-order valence-corrected chi connectivity index (χ0v) is 13.0. The topological polar surface area (TPSA) is 52.2 Å². The van der Waals surface area contributed by atoms with E-state index >= 15 is 0 Å². The summed E-state index contributed by atoms with van der Waals surface area (Å²) < 4.78 is 0. The van der Waals surface area contributed by atoms with Gasteiger partial charge < -0.3 is 9.80 Å². The Morgan fingerprint density at radius 1 is 1.57 bits per heavy atom. The van der Waals surface area contributed by atoms with Crippen LogP contribution in [0.2, 0.25) is 5.02 Å². The van der Waals surface area contributed by atoms with Crippen molar-refractivity contribution in [2.24, 2.45) is 0 Å². The van der Waals surface area contributed by atoms with Gasteiger partial charge in [-0.15, -0.1) is 0 Å². The van der Waals surface area contributed by atoms with Crippen molar-refractivity contribution in [3.05, 3.63) is 28.9 Å². The summed E-state index contributed by atoms with van der Waals surface area (Å²) in [6.45, 7) is 1.83. The van der Waals surface area contributed by atoms with Crippen molar-refractivity contribution in [2.75, 3.05) is 27.2 Å². The monoisotopic (exact) mass is 306 g/mol. The molecule has 0 spiro atoms. The number of likely N-dealkylation sites (tertiary alicyclic amines) is 1. The molecular weight excluding hydrogens is 288 g/mol. The molecule has 5 nitrogen and oxygen atoms in total. The highest BCUT2D eigenvalue weighted by Gasteiger charge is 2.26. The molecule has 1 saturated heterocycles. The van der Waals surface area contributed by atoms with Crippen LogP contribution in [-0.4, -0.2) is 59.1 Å². The van der Waals surface area contributed by atoms with Gasteiger partial charge in [0.25, 0.3) is 5.91 Å². The maximum absolute atomic E-state index is 12.6. The number of aromatic amines is 1. The molecule has 2 aromatic rings. The van der Waals surface area contributed by atoms with E-state index in [2.05, 4.69) is 22.1 Å². The molecule has 0 saturated carbocycles.